The van der Waals surface area contributed by atoms with Crippen molar-refractivity contribution in [1.29, 1.82) is 0 Å². The van der Waals surface area contributed by atoms with Gasteiger partial charge in [-0.05, 0) is 32.4 Å². The summed E-state index contributed by atoms with van der Waals surface area (Å²) in [5.41, 5.74) is 0. The Balaban J connectivity index is 2.06. The van der Waals surface area contributed by atoms with Crippen LogP contribution in [0.4, 0.5) is 0 Å². The van der Waals surface area contributed by atoms with Gasteiger partial charge in [0.25, 0.3) is 0 Å². The van der Waals surface area contributed by atoms with Crippen LogP contribution in [0.5, 0.6) is 0 Å². The summed E-state index contributed by atoms with van der Waals surface area (Å²) in [4.78, 5) is 11.5. The monoisotopic (exact) mass is 244 g/mol. The number of aliphatic hydroxyl groups is 1. The number of hydrogen-bond donors (Lipinski definition) is 3. The fourth-order valence-corrected chi connectivity index (χ4v) is 1.86. The first-order chi connectivity index (χ1) is 8.26. The molecule has 1 aliphatic rings. The fourth-order valence-electron chi connectivity index (χ4n) is 1.86. The lowest BCUT2D eigenvalue weighted by Gasteiger charge is -2.23. The second kappa shape index (κ2) is 8.44. The number of carbonyl (C=O) groups is 1. The van der Waals surface area contributed by atoms with Gasteiger partial charge in [-0.2, -0.15) is 0 Å². The Hall–Kier alpha value is -0.650. The predicted octanol–water partition coefficient (Wildman–Crippen LogP) is 0.0322. The van der Waals surface area contributed by atoms with E-state index in [0.717, 1.165) is 32.4 Å². The van der Waals surface area contributed by atoms with Gasteiger partial charge >= 0.3 is 0 Å². The maximum Gasteiger partial charge on any atom is 0.222 e. The van der Waals surface area contributed by atoms with Crippen LogP contribution in [-0.4, -0.2) is 49.5 Å². The van der Waals surface area contributed by atoms with Crippen LogP contribution in [-0.2, 0) is 9.53 Å². The molecule has 1 aliphatic heterocycles. The van der Waals surface area contributed by atoms with Crippen molar-refractivity contribution in [3.63, 3.8) is 0 Å². The smallest absolute Gasteiger partial charge is 0.222 e. The zero-order chi connectivity index (χ0) is 12.5. The van der Waals surface area contributed by atoms with Crippen molar-refractivity contribution < 1.29 is 14.6 Å². The van der Waals surface area contributed by atoms with Crippen LogP contribution >= 0.6 is 0 Å². The lowest BCUT2D eigenvalue weighted by atomic mass is 10.1. The maximum absolute atomic E-state index is 11.5. The molecule has 17 heavy (non-hydrogen) atoms. The minimum atomic E-state index is -0.124. The molecule has 100 valence electrons. The predicted molar refractivity (Wildman–Crippen MR) is 65.8 cm³/mol. The largest absolute Gasteiger partial charge is 0.394 e. The van der Waals surface area contributed by atoms with Crippen molar-refractivity contribution in [2.75, 3.05) is 26.3 Å². The average Bonchev–Trinajstić information content (AvgIpc) is 2.37. The lowest BCUT2D eigenvalue weighted by molar-refractivity contribution is -0.123. The number of rotatable bonds is 7. The lowest BCUT2D eigenvalue weighted by Crippen LogP contribution is -2.38. The van der Waals surface area contributed by atoms with Crippen molar-refractivity contribution in [2.45, 2.75) is 44.8 Å². The zero-order valence-corrected chi connectivity index (χ0v) is 10.6. The molecular formula is C12H24N2O3. The van der Waals surface area contributed by atoms with E-state index in [0.29, 0.717) is 19.1 Å². The van der Waals surface area contributed by atoms with Gasteiger partial charge in [0.15, 0.2) is 0 Å². The Bertz CT molecular complexity index is 214. The average molecular weight is 244 g/mol. The van der Waals surface area contributed by atoms with E-state index < -0.39 is 0 Å². The summed E-state index contributed by atoms with van der Waals surface area (Å²) in [6.45, 7) is 4.40. The van der Waals surface area contributed by atoms with Gasteiger partial charge in [-0.25, -0.2) is 0 Å². The number of aliphatic hydroxyl groups excluding tert-OH is 1. The number of amides is 1. The van der Waals surface area contributed by atoms with Crippen LogP contribution in [0.2, 0.25) is 0 Å². The summed E-state index contributed by atoms with van der Waals surface area (Å²) in [5, 5.41) is 15.0. The minimum absolute atomic E-state index is 0.00259. The summed E-state index contributed by atoms with van der Waals surface area (Å²) in [6.07, 6.45) is 3.47. The first kappa shape index (κ1) is 14.4. The van der Waals surface area contributed by atoms with Crippen molar-refractivity contribution in [1.82, 2.24) is 10.6 Å². The Labute approximate surface area is 103 Å². The molecule has 0 aromatic carbocycles. The number of ether oxygens (including phenoxy) is 1. The molecule has 1 fully saturated rings. The summed E-state index contributed by atoms with van der Waals surface area (Å²) in [7, 11) is 0. The third-order valence-electron chi connectivity index (χ3n) is 3.05. The van der Waals surface area contributed by atoms with Crippen LogP contribution in [0.15, 0.2) is 0 Å². The van der Waals surface area contributed by atoms with Crippen LogP contribution in [0, 0.1) is 0 Å². The first-order valence-electron chi connectivity index (χ1n) is 6.48. The van der Waals surface area contributed by atoms with E-state index in [1.807, 2.05) is 6.92 Å². The van der Waals surface area contributed by atoms with Gasteiger partial charge in [0.2, 0.25) is 5.91 Å². The van der Waals surface area contributed by atoms with Gasteiger partial charge in [-0.3, -0.25) is 4.79 Å². The molecule has 0 aromatic rings. The van der Waals surface area contributed by atoms with Gasteiger partial charge in [-0.15, -0.1) is 0 Å². The normalized spacial score (nSPS) is 18.9. The van der Waals surface area contributed by atoms with Crippen molar-refractivity contribution in [3.05, 3.63) is 0 Å². The molecule has 1 amide bonds. The van der Waals surface area contributed by atoms with Gasteiger partial charge in [0.05, 0.1) is 25.4 Å². The summed E-state index contributed by atoms with van der Waals surface area (Å²) in [5.74, 6) is -0.0418. The van der Waals surface area contributed by atoms with Gasteiger partial charge < -0.3 is 20.5 Å². The molecule has 0 bridgehead atoms. The minimum Gasteiger partial charge on any atom is -0.394 e. The molecule has 0 radical (unpaired) electrons. The molecule has 1 saturated heterocycles. The third-order valence-corrected chi connectivity index (χ3v) is 3.05. The Morgan fingerprint density at radius 3 is 2.82 bits per heavy atom. The van der Waals surface area contributed by atoms with Gasteiger partial charge in [0, 0.05) is 6.42 Å². The summed E-state index contributed by atoms with van der Waals surface area (Å²) >= 11 is 0. The molecule has 5 heteroatoms. The molecule has 0 aliphatic carbocycles. The Morgan fingerprint density at radius 1 is 1.53 bits per heavy atom. The SMILES string of the molecule is CCC(CO)NC(=O)CCOC1CCNCC1. The summed E-state index contributed by atoms with van der Waals surface area (Å²) < 4.78 is 5.64. The first-order valence-corrected chi connectivity index (χ1v) is 6.48. The van der Waals surface area contributed by atoms with E-state index in [1.165, 1.54) is 0 Å². The molecule has 1 atom stereocenters. The Morgan fingerprint density at radius 2 is 2.24 bits per heavy atom. The van der Waals surface area contributed by atoms with E-state index in [-0.39, 0.29) is 18.6 Å². The molecule has 1 heterocycles. The van der Waals surface area contributed by atoms with Crippen molar-refractivity contribution in [2.24, 2.45) is 0 Å². The van der Waals surface area contributed by atoms with Crippen molar-refractivity contribution >= 4 is 5.91 Å². The van der Waals surface area contributed by atoms with E-state index in [1.54, 1.807) is 0 Å². The number of nitrogens with one attached hydrogen (secondary N) is 2. The molecule has 3 N–H and O–H groups in total. The quantitative estimate of drug-likeness (QED) is 0.591. The molecule has 0 spiro atoms. The molecular weight excluding hydrogens is 220 g/mol. The van der Waals surface area contributed by atoms with Crippen molar-refractivity contribution in [3.8, 4) is 0 Å². The topological polar surface area (TPSA) is 70.6 Å². The zero-order valence-electron chi connectivity index (χ0n) is 10.6. The third kappa shape index (κ3) is 6.00. The van der Waals surface area contributed by atoms with Gasteiger partial charge in [0.1, 0.15) is 0 Å². The number of carbonyl (C=O) groups excluding carboxylic acids is 1. The standard InChI is InChI=1S/C12H24N2O3/c1-2-10(9-15)14-12(16)5-8-17-11-3-6-13-7-4-11/h10-11,13,15H,2-9H2,1H3,(H,14,16). The van der Waals surface area contributed by atoms with E-state index in [9.17, 15) is 4.79 Å². The van der Waals surface area contributed by atoms with Crippen LogP contribution < -0.4 is 10.6 Å². The highest BCUT2D eigenvalue weighted by atomic mass is 16.5. The molecule has 5 nitrogen and oxygen atoms in total. The highest BCUT2D eigenvalue weighted by Gasteiger charge is 2.14. The molecule has 1 unspecified atom stereocenters. The Kier molecular flexibility index (Phi) is 7.16. The second-order valence-corrected chi connectivity index (χ2v) is 4.43. The number of piperidine rings is 1. The van der Waals surface area contributed by atoms with Crippen LogP contribution in [0.25, 0.3) is 0 Å². The summed E-state index contributed by atoms with van der Waals surface area (Å²) in [6, 6.07) is -0.124. The molecule has 0 saturated carbocycles. The van der Waals surface area contributed by atoms with Gasteiger partial charge in [-0.1, -0.05) is 6.92 Å². The maximum atomic E-state index is 11.5. The van der Waals surface area contributed by atoms with Crippen LogP contribution in [0.1, 0.15) is 32.6 Å². The van der Waals surface area contributed by atoms with E-state index >= 15 is 0 Å². The molecule has 1 rings (SSSR count). The highest BCUT2D eigenvalue weighted by Crippen LogP contribution is 2.07. The van der Waals surface area contributed by atoms with Crippen LogP contribution in [0.3, 0.4) is 0 Å². The second-order valence-electron chi connectivity index (χ2n) is 4.43. The number of hydrogen-bond acceptors (Lipinski definition) is 4. The highest BCUT2D eigenvalue weighted by molar-refractivity contribution is 5.76. The molecule has 0 aromatic heterocycles. The van der Waals surface area contributed by atoms with E-state index in [4.69, 9.17) is 9.84 Å². The van der Waals surface area contributed by atoms with E-state index in [2.05, 4.69) is 10.6 Å². The fraction of sp³-hybridized carbons (Fsp3) is 0.917.